The summed E-state index contributed by atoms with van der Waals surface area (Å²) in [6.07, 6.45) is 4.21. The molecular formula is C17H21N3O. The Hall–Kier alpha value is -2.23. The molecule has 110 valence electrons. The summed E-state index contributed by atoms with van der Waals surface area (Å²) in [7, 11) is 3.92. The maximum Gasteiger partial charge on any atom is 0.250 e. The third-order valence-corrected chi connectivity index (χ3v) is 4.08. The van der Waals surface area contributed by atoms with Gasteiger partial charge in [-0.3, -0.25) is 4.79 Å². The van der Waals surface area contributed by atoms with Gasteiger partial charge in [0.2, 0.25) is 5.56 Å². The Morgan fingerprint density at radius 3 is 2.86 bits per heavy atom. The van der Waals surface area contributed by atoms with Crippen LogP contribution < -0.4 is 15.8 Å². The zero-order valence-corrected chi connectivity index (χ0v) is 12.6. The molecule has 1 aromatic carbocycles. The van der Waals surface area contributed by atoms with Gasteiger partial charge in [0.15, 0.2) is 0 Å². The van der Waals surface area contributed by atoms with Crippen molar-refractivity contribution in [2.45, 2.75) is 19.4 Å². The average molecular weight is 283 g/mol. The summed E-state index contributed by atoms with van der Waals surface area (Å²) >= 11 is 0. The van der Waals surface area contributed by atoms with E-state index in [1.54, 1.807) is 17.7 Å². The summed E-state index contributed by atoms with van der Waals surface area (Å²) in [5.41, 5.74) is 5.04. The molecule has 0 aliphatic carbocycles. The Balaban J connectivity index is 1.73. The van der Waals surface area contributed by atoms with E-state index in [4.69, 9.17) is 0 Å². The molecule has 0 spiro atoms. The molecule has 0 unspecified atom stereocenters. The molecule has 3 rings (SSSR count). The standard InChI is InChI=1S/C17H21N3O/c1-19-9-3-4-14-10-13(5-7-16(14)19)11-18-15-6-8-17(21)20(2)12-15/h5-8,10,12,18H,3-4,9,11H2,1-2H3. The first kappa shape index (κ1) is 13.7. The molecule has 0 radical (unpaired) electrons. The van der Waals surface area contributed by atoms with Crippen LogP contribution in [0.3, 0.4) is 0 Å². The van der Waals surface area contributed by atoms with E-state index < -0.39 is 0 Å². The Morgan fingerprint density at radius 1 is 1.19 bits per heavy atom. The van der Waals surface area contributed by atoms with Gasteiger partial charge in [0, 0.05) is 45.1 Å². The Morgan fingerprint density at radius 2 is 2.05 bits per heavy atom. The molecule has 1 aliphatic rings. The molecular weight excluding hydrogens is 262 g/mol. The number of benzene rings is 1. The lowest BCUT2D eigenvalue weighted by molar-refractivity contribution is 0.743. The second-order valence-electron chi connectivity index (χ2n) is 5.71. The third-order valence-electron chi connectivity index (χ3n) is 4.08. The fourth-order valence-electron chi connectivity index (χ4n) is 2.85. The summed E-state index contributed by atoms with van der Waals surface area (Å²) in [5.74, 6) is 0. The number of hydrogen-bond donors (Lipinski definition) is 1. The van der Waals surface area contributed by atoms with Crippen LogP contribution in [0.2, 0.25) is 0 Å². The maximum atomic E-state index is 11.4. The number of nitrogens with zero attached hydrogens (tertiary/aromatic N) is 2. The molecule has 0 bridgehead atoms. The molecule has 4 heteroatoms. The average Bonchev–Trinajstić information content (AvgIpc) is 2.49. The van der Waals surface area contributed by atoms with Crippen LogP contribution in [0.5, 0.6) is 0 Å². The first-order valence-corrected chi connectivity index (χ1v) is 7.37. The second-order valence-corrected chi connectivity index (χ2v) is 5.71. The van der Waals surface area contributed by atoms with Gasteiger partial charge < -0.3 is 14.8 Å². The molecule has 0 atom stereocenters. The zero-order chi connectivity index (χ0) is 14.8. The maximum absolute atomic E-state index is 11.4. The fraction of sp³-hybridized carbons (Fsp3) is 0.353. The number of aryl methyl sites for hydroxylation is 2. The molecule has 1 aliphatic heterocycles. The monoisotopic (exact) mass is 283 g/mol. The highest BCUT2D eigenvalue weighted by Crippen LogP contribution is 2.27. The van der Waals surface area contributed by atoms with Gasteiger partial charge in [-0.25, -0.2) is 0 Å². The van der Waals surface area contributed by atoms with E-state index in [9.17, 15) is 4.79 Å². The van der Waals surface area contributed by atoms with Gasteiger partial charge in [0.25, 0.3) is 0 Å². The van der Waals surface area contributed by atoms with E-state index in [1.807, 2.05) is 12.3 Å². The van der Waals surface area contributed by atoms with Crippen LogP contribution in [0.25, 0.3) is 0 Å². The van der Waals surface area contributed by atoms with E-state index in [2.05, 4.69) is 35.5 Å². The largest absolute Gasteiger partial charge is 0.380 e. The quantitative estimate of drug-likeness (QED) is 0.939. The topological polar surface area (TPSA) is 37.3 Å². The SMILES string of the molecule is CN1CCCc2cc(CNc3ccc(=O)n(C)c3)ccc21. The number of pyridine rings is 1. The molecule has 0 saturated carbocycles. The summed E-state index contributed by atoms with van der Waals surface area (Å²) in [5, 5.41) is 3.37. The van der Waals surface area contributed by atoms with Gasteiger partial charge >= 0.3 is 0 Å². The van der Waals surface area contributed by atoms with E-state index >= 15 is 0 Å². The lowest BCUT2D eigenvalue weighted by atomic mass is 9.99. The van der Waals surface area contributed by atoms with Crippen molar-refractivity contribution in [1.29, 1.82) is 0 Å². The van der Waals surface area contributed by atoms with Crippen LogP contribution >= 0.6 is 0 Å². The molecule has 2 heterocycles. The number of hydrogen-bond acceptors (Lipinski definition) is 3. The summed E-state index contributed by atoms with van der Waals surface area (Å²) in [4.78, 5) is 13.7. The molecule has 0 saturated heterocycles. The smallest absolute Gasteiger partial charge is 0.250 e. The molecule has 21 heavy (non-hydrogen) atoms. The number of nitrogens with one attached hydrogen (secondary N) is 1. The Bertz CT molecular complexity index is 705. The van der Waals surface area contributed by atoms with Crippen LogP contribution in [-0.4, -0.2) is 18.2 Å². The van der Waals surface area contributed by atoms with E-state index in [0.29, 0.717) is 0 Å². The summed E-state index contributed by atoms with van der Waals surface area (Å²) in [6.45, 7) is 1.91. The van der Waals surface area contributed by atoms with Crippen molar-refractivity contribution in [3.63, 3.8) is 0 Å². The van der Waals surface area contributed by atoms with Crippen molar-refractivity contribution in [2.24, 2.45) is 7.05 Å². The van der Waals surface area contributed by atoms with Crippen LogP contribution in [0, 0.1) is 0 Å². The lowest BCUT2D eigenvalue weighted by Gasteiger charge is -2.27. The van der Waals surface area contributed by atoms with Crippen molar-refractivity contribution >= 4 is 11.4 Å². The molecule has 0 fully saturated rings. The third kappa shape index (κ3) is 2.94. The van der Waals surface area contributed by atoms with E-state index in [0.717, 1.165) is 25.2 Å². The summed E-state index contributed by atoms with van der Waals surface area (Å²) in [6, 6.07) is 10.1. The van der Waals surface area contributed by atoms with Gasteiger partial charge in [-0.2, -0.15) is 0 Å². The highest BCUT2D eigenvalue weighted by molar-refractivity contribution is 5.56. The predicted octanol–water partition coefficient (Wildman–Crippen LogP) is 2.38. The van der Waals surface area contributed by atoms with E-state index in [1.165, 1.54) is 23.2 Å². The minimum absolute atomic E-state index is 0.0115. The van der Waals surface area contributed by atoms with Crippen LogP contribution in [0.4, 0.5) is 11.4 Å². The van der Waals surface area contributed by atoms with Gasteiger partial charge in [0.1, 0.15) is 0 Å². The Kier molecular flexibility index (Phi) is 3.69. The number of anilines is 2. The predicted molar refractivity (Wildman–Crippen MR) is 87.0 cm³/mol. The highest BCUT2D eigenvalue weighted by atomic mass is 16.1. The van der Waals surface area contributed by atoms with Gasteiger partial charge in [-0.15, -0.1) is 0 Å². The highest BCUT2D eigenvalue weighted by Gasteiger charge is 2.13. The minimum Gasteiger partial charge on any atom is -0.380 e. The van der Waals surface area contributed by atoms with E-state index in [-0.39, 0.29) is 5.56 Å². The van der Waals surface area contributed by atoms with Crippen molar-refractivity contribution in [3.05, 3.63) is 58.0 Å². The summed E-state index contributed by atoms with van der Waals surface area (Å²) < 4.78 is 1.59. The zero-order valence-electron chi connectivity index (χ0n) is 12.6. The van der Waals surface area contributed by atoms with Crippen molar-refractivity contribution in [3.8, 4) is 0 Å². The van der Waals surface area contributed by atoms with Crippen LogP contribution in [0.1, 0.15) is 17.5 Å². The second kappa shape index (κ2) is 5.64. The van der Waals surface area contributed by atoms with Crippen molar-refractivity contribution in [1.82, 2.24) is 4.57 Å². The first-order chi connectivity index (χ1) is 10.1. The van der Waals surface area contributed by atoms with Crippen LogP contribution in [-0.2, 0) is 20.0 Å². The van der Waals surface area contributed by atoms with Gasteiger partial charge in [-0.05, 0) is 36.1 Å². The van der Waals surface area contributed by atoms with Gasteiger partial charge in [0.05, 0.1) is 5.69 Å². The lowest BCUT2D eigenvalue weighted by Crippen LogP contribution is -2.24. The molecule has 2 aromatic rings. The molecule has 1 N–H and O–H groups in total. The normalized spacial score (nSPS) is 13.9. The van der Waals surface area contributed by atoms with Crippen LogP contribution in [0.15, 0.2) is 41.3 Å². The molecule has 0 amide bonds. The number of rotatable bonds is 3. The fourth-order valence-corrected chi connectivity index (χ4v) is 2.85. The Labute approximate surface area is 125 Å². The van der Waals surface area contributed by atoms with Gasteiger partial charge in [-0.1, -0.05) is 12.1 Å². The number of fused-ring (bicyclic) bond motifs is 1. The molecule has 4 nitrogen and oxygen atoms in total. The number of aromatic nitrogens is 1. The molecule has 1 aromatic heterocycles. The van der Waals surface area contributed by atoms with Crippen molar-refractivity contribution < 1.29 is 0 Å². The van der Waals surface area contributed by atoms with Crippen molar-refractivity contribution in [2.75, 3.05) is 23.8 Å². The minimum atomic E-state index is 0.0115. The first-order valence-electron chi connectivity index (χ1n) is 7.37.